The van der Waals surface area contributed by atoms with Crippen molar-refractivity contribution in [2.75, 3.05) is 0 Å². The van der Waals surface area contributed by atoms with E-state index >= 15 is 0 Å². The van der Waals surface area contributed by atoms with E-state index in [1.54, 1.807) is 6.92 Å². The largest absolute Gasteiger partial charge is 0.340 e. The second-order valence-electron chi connectivity index (χ2n) is 3.49. The van der Waals surface area contributed by atoms with Crippen LogP contribution in [0.3, 0.4) is 0 Å². The minimum absolute atomic E-state index is 0.0200. The molecule has 0 radical (unpaired) electrons. The van der Waals surface area contributed by atoms with Gasteiger partial charge < -0.3 is 5.32 Å². The third-order valence-electron chi connectivity index (χ3n) is 2.30. The van der Waals surface area contributed by atoms with Gasteiger partial charge in [-0.25, -0.2) is 0 Å². The lowest BCUT2D eigenvalue weighted by molar-refractivity contribution is -0.125. The smallest absolute Gasteiger partial charge is 0.224 e. The van der Waals surface area contributed by atoms with Crippen LogP contribution in [0, 0.1) is 23.2 Å². The van der Waals surface area contributed by atoms with Crippen LogP contribution in [0.15, 0.2) is 0 Å². The molecule has 0 saturated heterocycles. The molecule has 1 rings (SSSR count). The molecule has 1 amide bonds. The lowest BCUT2D eigenvalue weighted by Gasteiger charge is -2.11. The lowest BCUT2D eigenvalue weighted by atomic mass is 10.1. The Labute approximate surface area is 72.8 Å². The van der Waals surface area contributed by atoms with Crippen LogP contribution in [0.1, 0.15) is 26.7 Å². The molecule has 0 bridgehead atoms. The highest BCUT2D eigenvalue weighted by Gasteiger charge is 2.32. The summed E-state index contributed by atoms with van der Waals surface area (Å²) in [6.07, 6.45) is 2.32. The van der Waals surface area contributed by atoms with Crippen LogP contribution in [0.4, 0.5) is 0 Å². The van der Waals surface area contributed by atoms with Gasteiger partial charge in [0.2, 0.25) is 5.91 Å². The summed E-state index contributed by atoms with van der Waals surface area (Å²) in [4.78, 5) is 11.3. The lowest BCUT2D eigenvalue weighted by Crippen LogP contribution is -2.36. The summed E-state index contributed by atoms with van der Waals surface area (Å²) < 4.78 is 0. The number of hydrogen-bond donors (Lipinski definition) is 1. The van der Waals surface area contributed by atoms with E-state index in [0.29, 0.717) is 5.92 Å². The maximum Gasteiger partial charge on any atom is 0.224 e. The van der Waals surface area contributed by atoms with Gasteiger partial charge in [0.15, 0.2) is 0 Å². The summed E-state index contributed by atoms with van der Waals surface area (Å²) in [6, 6.07) is 1.62. The Morgan fingerprint density at radius 2 is 2.17 bits per heavy atom. The summed E-state index contributed by atoms with van der Waals surface area (Å²) in [7, 11) is 0. The van der Waals surface area contributed by atoms with Crippen molar-refractivity contribution in [3.8, 4) is 6.07 Å². The average molecular weight is 166 g/mol. The Morgan fingerprint density at radius 1 is 1.58 bits per heavy atom. The van der Waals surface area contributed by atoms with Crippen LogP contribution in [0.2, 0.25) is 0 Å². The van der Waals surface area contributed by atoms with Crippen molar-refractivity contribution in [2.24, 2.45) is 11.8 Å². The molecule has 66 valence electrons. The van der Waals surface area contributed by atoms with Gasteiger partial charge in [-0.15, -0.1) is 0 Å². The molecule has 1 N–H and O–H groups in total. The number of carbonyl (C=O) groups excluding carboxylic acids is 1. The predicted molar refractivity (Wildman–Crippen MR) is 45.1 cm³/mol. The minimum atomic E-state index is -0.362. The maximum absolute atomic E-state index is 11.3. The van der Waals surface area contributed by atoms with Crippen molar-refractivity contribution >= 4 is 5.91 Å². The van der Waals surface area contributed by atoms with Crippen LogP contribution in [0.5, 0.6) is 0 Å². The van der Waals surface area contributed by atoms with Crippen LogP contribution < -0.4 is 5.32 Å². The number of nitrogens with zero attached hydrogens (tertiary/aromatic N) is 1. The predicted octanol–water partition coefficient (Wildman–Crippen LogP) is 1.06. The number of nitrogens with one attached hydrogen (secondary N) is 1. The zero-order chi connectivity index (χ0) is 9.14. The Bertz CT molecular complexity index is 215. The number of nitriles is 1. The van der Waals surface area contributed by atoms with Gasteiger partial charge in [0, 0.05) is 5.92 Å². The summed E-state index contributed by atoms with van der Waals surface area (Å²) >= 11 is 0. The fraction of sp³-hybridized carbons (Fsp3) is 0.778. The van der Waals surface area contributed by atoms with Crippen molar-refractivity contribution in [2.45, 2.75) is 32.7 Å². The molecule has 1 fully saturated rings. The van der Waals surface area contributed by atoms with E-state index in [2.05, 4.69) is 5.32 Å². The Balaban J connectivity index is 2.32. The molecule has 0 heterocycles. The van der Waals surface area contributed by atoms with Crippen molar-refractivity contribution in [1.82, 2.24) is 5.32 Å². The molecule has 12 heavy (non-hydrogen) atoms. The first-order valence-corrected chi connectivity index (χ1v) is 4.35. The first-order valence-electron chi connectivity index (χ1n) is 4.35. The van der Waals surface area contributed by atoms with E-state index in [4.69, 9.17) is 5.26 Å². The molecule has 3 nitrogen and oxygen atoms in total. The fourth-order valence-electron chi connectivity index (χ4n) is 1.19. The topological polar surface area (TPSA) is 52.9 Å². The summed E-state index contributed by atoms with van der Waals surface area (Å²) in [5.74, 6) is 0.670. The minimum Gasteiger partial charge on any atom is -0.340 e. The highest BCUT2D eigenvalue weighted by atomic mass is 16.1. The van der Waals surface area contributed by atoms with Gasteiger partial charge in [-0.2, -0.15) is 5.26 Å². The molecule has 0 aliphatic heterocycles. The van der Waals surface area contributed by atoms with Gasteiger partial charge in [-0.3, -0.25) is 4.79 Å². The number of hydrogen-bond acceptors (Lipinski definition) is 2. The van der Waals surface area contributed by atoms with E-state index < -0.39 is 0 Å². The van der Waals surface area contributed by atoms with Crippen molar-refractivity contribution in [3.05, 3.63) is 0 Å². The average Bonchev–Trinajstić information content (AvgIpc) is 2.85. The second-order valence-corrected chi connectivity index (χ2v) is 3.49. The molecular formula is C9H14N2O. The van der Waals surface area contributed by atoms with Gasteiger partial charge in [0.05, 0.1) is 6.07 Å². The molecule has 1 unspecified atom stereocenters. The van der Waals surface area contributed by atoms with E-state index in [0.717, 1.165) is 12.8 Å². The summed E-state index contributed by atoms with van der Waals surface area (Å²) in [5.41, 5.74) is 0. The van der Waals surface area contributed by atoms with Crippen LogP contribution in [0.25, 0.3) is 0 Å². The number of amides is 1. The molecule has 0 aromatic carbocycles. The standard InChI is InChI=1S/C9H14N2O/c1-6(5-10)11-9(12)7(2)8-3-4-8/h6-8H,3-4H2,1-2H3,(H,11,12)/t6-,7?/m0/s1. The highest BCUT2D eigenvalue weighted by Crippen LogP contribution is 2.36. The first kappa shape index (κ1) is 9.05. The third-order valence-corrected chi connectivity index (χ3v) is 2.30. The second kappa shape index (κ2) is 3.57. The van der Waals surface area contributed by atoms with Gasteiger partial charge in [-0.05, 0) is 25.7 Å². The zero-order valence-electron chi connectivity index (χ0n) is 7.50. The third kappa shape index (κ3) is 2.23. The number of rotatable bonds is 3. The van der Waals surface area contributed by atoms with E-state index in [-0.39, 0.29) is 17.9 Å². The molecular weight excluding hydrogens is 152 g/mol. The normalized spacial score (nSPS) is 20.8. The SMILES string of the molecule is CC(C(=O)N[C@@H](C)C#N)C1CC1. The van der Waals surface area contributed by atoms with Crippen molar-refractivity contribution < 1.29 is 4.79 Å². The number of carbonyl (C=O) groups is 1. The monoisotopic (exact) mass is 166 g/mol. The summed E-state index contributed by atoms with van der Waals surface area (Å²) in [6.45, 7) is 3.62. The quantitative estimate of drug-likeness (QED) is 0.681. The van der Waals surface area contributed by atoms with Crippen molar-refractivity contribution in [1.29, 1.82) is 5.26 Å². The molecule has 0 aromatic heterocycles. The highest BCUT2D eigenvalue weighted by molar-refractivity contribution is 5.79. The fourth-order valence-corrected chi connectivity index (χ4v) is 1.19. The van der Waals surface area contributed by atoms with Crippen LogP contribution >= 0.6 is 0 Å². The Kier molecular flexibility index (Phi) is 2.69. The van der Waals surface area contributed by atoms with Crippen molar-refractivity contribution in [3.63, 3.8) is 0 Å². The van der Waals surface area contributed by atoms with Gasteiger partial charge in [0.1, 0.15) is 6.04 Å². The van der Waals surface area contributed by atoms with E-state index in [1.807, 2.05) is 13.0 Å². The summed E-state index contributed by atoms with van der Waals surface area (Å²) in [5, 5.41) is 11.1. The maximum atomic E-state index is 11.3. The molecule has 0 aromatic rings. The van der Waals surface area contributed by atoms with Gasteiger partial charge in [-0.1, -0.05) is 6.92 Å². The zero-order valence-corrected chi connectivity index (χ0v) is 7.50. The Morgan fingerprint density at radius 3 is 2.58 bits per heavy atom. The molecule has 3 heteroatoms. The van der Waals surface area contributed by atoms with Crippen LogP contribution in [-0.4, -0.2) is 11.9 Å². The Hall–Kier alpha value is -1.04. The first-order chi connectivity index (χ1) is 5.65. The molecule has 1 saturated carbocycles. The molecule has 0 spiro atoms. The van der Waals surface area contributed by atoms with Gasteiger partial charge in [0.25, 0.3) is 0 Å². The molecule has 1 aliphatic rings. The van der Waals surface area contributed by atoms with E-state index in [1.165, 1.54) is 0 Å². The van der Waals surface area contributed by atoms with Crippen LogP contribution in [-0.2, 0) is 4.79 Å². The molecule has 1 aliphatic carbocycles. The molecule has 2 atom stereocenters. The van der Waals surface area contributed by atoms with E-state index in [9.17, 15) is 4.79 Å². The van der Waals surface area contributed by atoms with Gasteiger partial charge >= 0.3 is 0 Å².